The average molecular weight is 518 g/mol. The maximum Gasteiger partial charge on any atom is 0.401 e. The summed E-state index contributed by atoms with van der Waals surface area (Å²) in [6.07, 6.45) is -3.71. The van der Waals surface area contributed by atoms with Crippen LogP contribution in [0.5, 0.6) is 0 Å². The SMILES string of the molecule is Cc1cc(C(=O)N2CCC3(CC2)CN(CC(F)(F)F)CC(c2ccccc2)O3)ccc1N1CCOCC1. The molecular formula is C28H34F3N3O3. The number of piperidine rings is 1. The smallest absolute Gasteiger partial charge is 0.378 e. The van der Waals surface area contributed by atoms with Crippen LogP contribution in [-0.2, 0) is 9.47 Å². The van der Waals surface area contributed by atoms with Crippen molar-refractivity contribution in [2.75, 3.05) is 63.9 Å². The minimum Gasteiger partial charge on any atom is -0.378 e. The third-order valence-corrected chi connectivity index (χ3v) is 7.66. The van der Waals surface area contributed by atoms with E-state index >= 15 is 0 Å². The van der Waals surface area contributed by atoms with Gasteiger partial charge in [-0.25, -0.2) is 0 Å². The van der Waals surface area contributed by atoms with Gasteiger partial charge < -0.3 is 19.3 Å². The van der Waals surface area contributed by atoms with E-state index in [0.29, 0.717) is 44.7 Å². The zero-order valence-corrected chi connectivity index (χ0v) is 21.2. The molecule has 0 N–H and O–H groups in total. The molecule has 1 amide bonds. The third kappa shape index (κ3) is 6.10. The molecule has 37 heavy (non-hydrogen) atoms. The van der Waals surface area contributed by atoms with E-state index in [-0.39, 0.29) is 19.0 Å². The van der Waals surface area contributed by atoms with E-state index in [1.807, 2.05) is 55.5 Å². The zero-order chi connectivity index (χ0) is 26.0. The minimum atomic E-state index is -4.28. The Balaban J connectivity index is 1.27. The number of likely N-dealkylation sites (tertiary alicyclic amines) is 1. The fraction of sp³-hybridized carbons (Fsp3) is 0.536. The predicted molar refractivity (Wildman–Crippen MR) is 135 cm³/mol. The van der Waals surface area contributed by atoms with Gasteiger partial charge in [0.25, 0.3) is 5.91 Å². The van der Waals surface area contributed by atoms with E-state index in [1.54, 1.807) is 4.90 Å². The monoisotopic (exact) mass is 517 g/mol. The van der Waals surface area contributed by atoms with Gasteiger partial charge in [0, 0.05) is 50.5 Å². The van der Waals surface area contributed by atoms with Crippen LogP contribution in [-0.4, -0.2) is 86.5 Å². The summed E-state index contributed by atoms with van der Waals surface area (Å²) >= 11 is 0. The lowest BCUT2D eigenvalue weighted by atomic mass is 9.87. The molecule has 2 aromatic rings. The summed E-state index contributed by atoms with van der Waals surface area (Å²) in [7, 11) is 0. The Kier molecular flexibility index (Phi) is 7.47. The predicted octanol–water partition coefficient (Wildman–Crippen LogP) is 4.44. The largest absolute Gasteiger partial charge is 0.401 e. The molecular weight excluding hydrogens is 483 g/mol. The normalized spacial score (nSPS) is 22.9. The standard InChI is InChI=1S/C28H34F3N3O3/c1-21-17-23(7-8-24(21)33-13-15-36-16-14-33)26(35)34-11-9-27(10-12-34)19-32(20-28(29,30)31)18-25(37-27)22-5-3-2-4-6-22/h2-8,17,25H,9-16,18-20H2,1H3. The molecule has 0 radical (unpaired) electrons. The third-order valence-electron chi connectivity index (χ3n) is 7.66. The molecule has 3 heterocycles. The van der Waals surface area contributed by atoms with Crippen molar-refractivity contribution in [3.63, 3.8) is 0 Å². The van der Waals surface area contributed by atoms with Crippen molar-refractivity contribution in [2.45, 2.75) is 37.6 Å². The van der Waals surface area contributed by atoms with Gasteiger partial charge in [0.05, 0.1) is 31.5 Å². The molecule has 0 aromatic heterocycles. The lowest BCUT2D eigenvalue weighted by molar-refractivity contribution is -0.205. The number of anilines is 1. The lowest BCUT2D eigenvalue weighted by Gasteiger charge is -2.50. The molecule has 0 bridgehead atoms. The Morgan fingerprint density at radius 2 is 1.73 bits per heavy atom. The molecule has 2 aromatic carbocycles. The summed E-state index contributed by atoms with van der Waals surface area (Å²) in [4.78, 5) is 18.9. The summed E-state index contributed by atoms with van der Waals surface area (Å²) in [5, 5.41) is 0. The van der Waals surface area contributed by atoms with Gasteiger partial charge in [-0.05, 0) is 49.1 Å². The number of hydrogen-bond donors (Lipinski definition) is 0. The number of alkyl halides is 3. The number of halogens is 3. The van der Waals surface area contributed by atoms with Crippen LogP contribution < -0.4 is 4.90 Å². The molecule has 5 rings (SSSR count). The quantitative estimate of drug-likeness (QED) is 0.600. The number of amides is 1. The second kappa shape index (κ2) is 10.6. The van der Waals surface area contributed by atoms with Gasteiger partial charge in [-0.1, -0.05) is 30.3 Å². The van der Waals surface area contributed by atoms with Crippen molar-refractivity contribution >= 4 is 11.6 Å². The number of nitrogens with zero attached hydrogens (tertiary/aromatic N) is 3. The van der Waals surface area contributed by atoms with Crippen molar-refractivity contribution < 1.29 is 27.4 Å². The van der Waals surface area contributed by atoms with Gasteiger partial charge in [-0.2, -0.15) is 13.2 Å². The molecule has 3 aliphatic rings. The maximum absolute atomic E-state index is 13.3. The van der Waals surface area contributed by atoms with Crippen molar-refractivity contribution in [1.29, 1.82) is 0 Å². The summed E-state index contributed by atoms with van der Waals surface area (Å²) in [6.45, 7) is 5.42. The molecule has 9 heteroatoms. The van der Waals surface area contributed by atoms with E-state index in [4.69, 9.17) is 9.47 Å². The van der Waals surface area contributed by atoms with Crippen molar-refractivity contribution in [1.82, 2.24) is 9.80 Å². The summed E-state index contributed by atoms with van der Waals surface area (Å²) in [6, 6.07) is 15.2. The van der Waals surface area contributed by atoms with Gasteiger partial charge in [-0.3, -0.25) is 9.69 Å². The second-order valence-electron chi connectivity index (χ2n) is 10.4. The van der Waals surface area contributed by atoms with Crippen LogP contribution in [0.3, 0.4) is 0 Å². The summed E-state index contributed by atoms with van der Waals surface area (Å²) in [5.74, 6) is -0.0472. The number of benzene rings is 2. The van der Waals surface area contributed by atoms with E-state index < -0.39 is 24.4 Å². The Labute approximate surface area is 215 Å². The minimum absolute atomic E-state index is 0.0472. The number of carbonyl (C=O) groups is 1. The number of carbonyl (C=O) groups excluding carboxylic acids is 1. The van der Waals surface area contributed by atoms with Crippen molar-refractivity contribution in [3.8, 4) is 0 Å². The number of hydrogen-bond acceptors (Lipinski definition) is 5. The first-order chi connectivity index (χ1) is 17.7. The molecule has 3 aliphatic heterocycles. The summed E-state index contributed by atoms with van der Waals surface area (Å²) < 4.78 is 51.9. The second-order valence-corrected chi connectivity index (χ2v) is 10.4. The Morgan fingerprint density at radius 1 is 1.03 bits per heavy atom. The van der Waals surface area contributed by atoms with E-state index in [1.165, 1.54) is 4.90 Å². The summed E-state index contributed by atoms with van der Waals surface area (Å²) in [5.41, 5.74) is 2.96. The highest BCUT2D eigenvalue weighted by Gasteiger charge is 2.46. The van der Waals surface area contributed by atoms with Crippen molar-refractivity contribution in [2.24, 2.45) is 0 Å². The molecule has 3 fully saturated rings. The first-order valence-electron chi connectivity index (χ1n) is 13.0. The number of rotatable bonds is 4. The van der Waals surface area contributed by atoms with E-state index in [9.17, 15) is 18.0 Å². The first kappa shape index (κ1) is 26.0. The molecule has 3 saturated heterocycles. The molecule has 6 nitrogen and oxygen atoms in total. The number of ether oxygens (including phenoxy) is 2. The van der Waals surface area contributed by atoms with Gasteiger partial charge in [0.1, 0.15) is 0 Å². The fourth-order valence-corrected chi connectivity index (χ4v) is 5.82. The highest BCUT2D eigenvalue weighted by atomic mass is 19.4. The molecule has 0 aliphatic carbocycles. The molecule has 1 unspecified atom stereocenters. The number of morpholine rings is 2. The van der Waals surface area contributed by atoms with Gasteiger partial charge in [0.15, 0.2) is 0 Å². The lowest BCUT2D eigenvalue weighted by Crippen LogP contribution is -2.59. The number of aryl methyl sites for hydroxylation is 1. The van der Waals surface area contributed by atoms with Crippen LogP contribution in [0.15, 0.2) is 48.5 Å². The van der Waals surface area contributed by atoms with Crippen LogP contribution in [0.1, 0.15) is 40.4 Å². The maximum atomic E-state index is 13.3. The molecule has 0 saturated carbocycles. The first-order valence-corrected chi connectivity index (χ1v) is 13.0. The van der Waals surface area contributed by atoms with E-state index in [0.717, 1.165) is 29.9 Å². The molecule has 200 valence electrons. The molecule has 1 atom stereocenters. The van der Waals surface area contributed by atoms with Crippen LogP contribution in [0.2, 0.25) is 0 Å². The highest BCUT2D eigenvalue weighted by molar-refractivity contribution is 5.95. The average Bonchev–Trinajstić information content (AvgIpc) is 2.88. The van der Waals surface area contributed by atoms with Gasteiger partial charge >= 0.3 is 6.18 Å². The van der Waals surface area contributed by atoms with Gasteiger partial charge in [-0.15, -0.1) is 0 Å². The Hall–Kier alpha value is -2.62. The molecule has 1 spiro atoms. The zero-order valence-electron chi connectivity index (χ0n) is 21.2. The fourth-order valence-electron chi connectivity index (χ4n) is 5.82. The van der Waals surface area contributed by atoms with Crippen LogP contribution in [0.4, 0.5) is 18.9 Å². The van der Waals surface area contributed by atoms with Crippen LogP contribution in [0, 0.1) is 6.92 Å². The van der Waals surface area contributed by atoms with E-state index in [2.05, 4.69) is 4.90 Å². The highest BCUT2D eigenvalue weighted by Crippen LogP contribution is 2.39. The Bertz CT molecular complexity index is 1080. The van der Waals surface area contributed by atoms with Crippen LogP contribution in [0.25, 0.3) is 0 Å². The Morgan fingerprint density at radius 3 is 2.38 bits per heavy atom. The van der Waals surface area contributed by atoms with Crippen LogP contribution >= 0.6 is 0 Å². The topological polar surface area (TPSA) is 45.2 Å². The van der Waals surface area contributed by atoms with Crippen molar-refractivity contribution in [3.05, 3.63) is 65.2 Å². The van der Waals surface area contributed by atoms with Gasteiger partial charge in [0.2, 0.25) is 0 Å².